The van der Waals surface area contributed by atoms with Crippen LogP contribution in [0.15, 0.2) is 28.8 Å². The van der Waals surface area contributed by atoms with Crippen LogP contribution in [-0.4, -0.2) is 25.9 Å². The number of benzene rings is 1. The molecule has 3 aromatic rings. The van der Waals surface area contributed by atoms with Crippen LogP contribution in [0.3, 0.4) is 0 Å². The van der Waals surface area contributed by atoms with Crippen LogP contribution in [0, 0.1) is 20.8 Å². The molecule has 0 unspecified atom stereocenters. The van der Waals surface area contributed by atoms with Crippen molar-refractivity contribution in [3.63, 3.8) is 0 Å². The molecule has 3 rings (SSSR count). The summed E-state index contributed by atoms with van der Waals surface area (Å²) in [6.07, 6.45) is 0. The fraction of sp³-hybridized carbons (Fsp3) is 0.250. The van der Waals surface area contributed by atoms with Gasteiger partial charge < -0.3 is 9.26 Å². The molecule has 0 fully saturated rings. The van der Waals surface area contributed by atoms with Crippen LogP contribution in [-0.2, 0) is 11.3 Å². The Kier molecular flexibility index (Phi) is 4.35. The van der Waals surface area contributed by atoms with Crippen molar-refractivity contribution in [1.29, 1.82) is 0 Å². The second-order valence-corrected chi connectivity index (χ2v) is 5.63. The maximum Gasteiger partial charge on any atom is 0.338 e. The summed E-state index contributed by atoms with van der Waals surface area (Å²) < 4.78 is 11.8. The summed E-state index contributed by atoms with van der Waals surface area (Å²) in [5.41, 5.74) is 2.83. The van der Waals surface area contributed by atoms with Crippen LogP contribution in [0.5, 0.6) is 0 Å². The van der Waals surface area contributed by atoms with Crippen LogP contribution in [0.1, 0.15) is 33.5 Å². The lowest BCUT2D eigenvalue weighted by Gasteiger charge is -2.06. The standard InChI is InChI=1S/C16H15ClN4O3/c1-9-15(17)10(2)21(19-9)13-6-4-12(5-7-13)16(22)23-8-14-18-11(3)20-24-14/h4-7H,8H2,1-3H3. The van der Waals surface area contributed by atoms with Gasteiger partial charge in [0.2, 0.25) is 0 Å². The molecule has 0 amide bonds. The Bertz CT molecular complexity index is 883. The van der Waals surface area contributed by atoms with E-state index >= 15 is 0 Å². The van der Waals surface area contributed by atoms with Crippen LogP contribution in [0.4, 0.5) is 0 Å². The summed E-state index contributed by atoms with van der Waals surface area (Å²) in [4.78, 5) is 16.0. The van der Waals surface area contributed by atoms with E-state index in [1.165, 1.54) is 0 Å². The number of halogens is 1. The number of esters is 1. The Hall–Kier alpha value is -2.67. The molecule has 7 nitrogen and oxygen atoms in total. The minimum Gasteiger partial charge on any atom is -0.452 e. The average Bonchev–Trinajstić information content (AvgIpc) is 3.11. The molecule has 0 spiro atoms. The monoisotopic (exact) mass is 346 g/mol. The number of nitrogens with zero attached hydrogens (tertiary/aromatic N) is 4. The second kappa shape index (κ2) is 6.45. The van der Waals surface area contributed by atoms with Gasteiger partial charge in [-0.15, -0.1) is 0 Å². The van der Waals surface area contributed by atoms with Crippen LogP contribution in [0.2, 0.25) is 5.02 Å². The van der Waals surface area contributed by atoms with Crippen molar-refractivity contribution < 1.29 is 14.1 Å². The van der Waals surface area contributed by atoms with E-state index in [0.717, 1.165) is 17.1 Å². The zero-order valence-electron chi connectivity index (χ0n) is 13.4. The highest BCUT2D eigenvalue weighted by Gasteiger charge is 2.13. The van der Waals surface area contributed by atoms with Crippen LogP contribution >= 0.6 is 11.6 Å². The molecule has 0 saturated carbocycles. The van der Waals surface area contributed by atoms with Crippen molar-refractivity contribution in [2.75, 3.05) is 0 Å². The third-order valence-corrected chi connectivity index (χ3v) is 3.99. The lowest BCUT2D eigenvalue weighted by Crippen LogP contribution is -2.06. The number of rotatable bonds is 4. The third kappa shape index (κ3) is 3.16. The predicted molar refractivity (Wildman–Crippen MR) is 86.2 cm³/mol. The van der Waals surface area contributed by atoms with E-state index in [9.17, 15) is 4.79 Å². The molecule has 0 aliphatic rings. The normalized spacial score (nSPS) is 10.8. The minimum atomic E-state index is -0.469. The highest BCUT2D eigenvalue weighted by molar-refractivity contribution is 6.31. The summed E-state index contributed by atoms with van der Waals surface area (Å²) in [5, 5.41) is 8.64. The molecule has 0 aliphatic heterocycles. The summed E-state index contributed by atoms with van der Waals surface area (Å²) in [6, 6.07) is 6.90. The first kappa shape index (κ1) is 16.2. The van der Waals surface area contributed by atoms with Gasteiger partial charge in [-0.1, -0.05) is 16.8 Å². The Morgan fingerprint density at radius 3 is 2.50 bits per heavy atom. The van der Waals surface area contributed by atoms with Gasteiger partial charge in [0, 0.05) is 0 Å². The Morgan fingerprint density at radius 1 is 1.25 bits per heavy atom. The first-order valence-electron chi connectivity index (χ1n) is 7.24. The fourth-order valence-electron chi connectivity index (χ4n) is 2.22. The lowest BCUT2D eigenvalue weighted by molar-refractivity contribution is 0.0430. The zero-order valence-corrected chi connectivity index (χ0v) is 14.2. The number of hydrogen-bond donors (Lipinski definition) is 0. The lowest BCUT2D eigenvalue weighted by atomic mass is 10.2. The van der Waals surface area contributed by atoms with Gasteiger partial charge in [-0.05, 0) is 45.0 Å². The number of aryl methyl sites for hydroxylation is 2. The van der Waals surface area contributed by atoms with Crippen molar-refractivity contribution in [2.24, 2.45) is 0 Å². The SMILES string of the molecule is Cc1noc(COC(=O)c2ccc(-n3nc(C)c(Cl)c3C)cc2)n1. The molecule has 0 atom stereocenters. The fourth-order valence-corrected chi connectivity index (χ4v) is 2.34. The average molecular weight is 347 g/mol. The maximum atomic E-state index is 12.0. The molecule has 0 saturated heterocycles. The van der Waals surface area contributed by atoms with Gasteiger partial charge in [0.05, 0.1) is 27.7 Å². The molecular weight excluding hydrogens is 332 g/mol. The van der Waals surface area contributed by atoms with Gasteiger partial charge in [0.25, 0.3) is 5.89 Å². The first-order chi connectivity index (χ1) is 11.5. The summed E-state index contributed by atoms with van der Waals surface area (Å²) in [7, 11) is 0. The van der Waals surface area contributed by atoms with E-state index in [1.807, 2.05) is 13.8 Å². The molecule has 0 bridgehead atoms. The van der Waals surface area contributed by atoms with Crippen molar-refractivity contribution in [3.8, 4) is 5.69 Å². The molecule has 2 aromatic heterocycles. The molecule has 0 N–H and O–H groups in total. The Balaban J connectivity index is 1.71. The third-order valence-electron chi connectivity index (χ3n) is 3.45. The molecule has 0 radical (unpaired) electrons. The Morgan fingerprint density at radius 2 is 1.96 bits per heavy atom. The zero-order chi connectivity index (χ0) is 17.3. The van der Waals surface area contributed by atoms with E-state index in [1.54, 1.807) is 35.9 Å². The maximum absolute atomic E-state index is 12.0. The van der Waals surface area contributed by atoms with Crippen molar-refractivity contribution in [3.05, 3.63) is 58.0 Å². The highest BCUT2D eigenvalue weighted by atomic mass is 35.5. The van der Waals surface area contributed by atoms with Gasteiger partial charge in [-0.3, -0.25) is 0 Å². The van der Waals surface area contributed by atoms with Gasteiger partial charge in [0.1, 0.15) is 0 Å². The van der Waals surface area contributed by atoms with Gasteiger partial charge >= 0.3 is 5.97 Å². The van der Waals surface area contributed by atoms with Gasteiger partial charge in [0.15, 0.2) is 12.4 Å². The molecule has 8 heteroatoms. The summed E-state index contributed by atoms with van der Waals surface area (Å²) in [6.45, 7) is 5.36. The topological polar surface area (TPSA) is 83.0 Å². The molecule has 0 aliphatic carbocycles. The van der Waals surface area contributed by atoms with Crippen LogP contribution in [0.25, 0.3) is 5.69 Å². The van der Waals surface area contributed by atoms with E-state index < -0.39 is 5.97 Å². The van der Waals surface area contributed by atoms with Gasteiger partial charge in [-0.25, -0.2) is 9.48 Å². The smallest absolute Gasteiger partial charge is 0.338 e. The number of ether oxygens (including phenoxy) is 1. The van der Waals surface area contributed by atoms with E-state index in [2.05, 4.69) is 15.2 Å². The quantitative estimate of drug-likeness (QED) is 0.675. The molecular formula is C16H15ClN4O3. The minimum absolute atomic E-state index is 0.0610. The van der Waals surface area contributed by atoms with Crippen molar-refractivity contribution >= 4 is 17.6 Å². The largest absolute Gasteiger partial charge is 0.452 e. The molecule has 124 valence electrons. The van der Waals surface area contributed by atoms with E-state index in [0.29, 0.717) is 16.4 Å². The first-order valence-corrected chi connectivity index (χ1v) is 7.62. The van der Waals surface area contributed by atoms with Crippen LogP contribution < -0.4 is 0 Å². The molecule has 1 aromatic carbocycles. The van der Waals surface area contributed by atoms with Crippen molar-refractivity contribution in [1.82, 2.24) is 19.9 Å². The number of aromatic nitrogens is 4. The second-order valence-electron chi connectivity index (χ2n) is 5.25. The number of carbonyl (C=O) groups is 1. The number of hydrogen-bond acceptors (Lipinski definition) is 6. The predicted octanol–water partition coefficient (Wildman–Crippen LogP) is 3.19. The highest BCUT2D eigenvalue weighted by Crippen LogP contribution is 2.22. The van der Waals surface area contributed by atoms with E-state index in [-0.39, 0.29) is 12.5 Å². The van der Waals surface area contributed by atoms with Gasteiger partial charge in [-0.2, -0.15) is 10.1 Å². The van der Waals surface area contributed by atoms with E-state index in [4.69, 9.17) is 20.9 Å². The molecule has 2 heterocycles. The Labute approximate surface area is 143 Å². The molecule has 24 heavy (non-hydrogen) atoms. The number of carbonyl (C=O) groups excluding carboxylic acids is 1. The summed E-state index contributed by atoms with van der Waals surface area (Å²) >= 11 is 6.15. The summed E-state index contributed by atoms with van der Waals surface area (Å²) in [5.74, 6) is 0.285. The van der Waals surface area contributed by atoms with Crippen molar-refractivity contribution in [2.45, 2.75) is 27.4 Å².